The van der Waals surface area contributed by atoms with Gasteiger partial charge in [-0.15, -0.1) is 0 Å². The first-order valence-corrected chi connectivity index (χ1v) is 4.83. The van der Waals surface area contributed by atoms with Gasteiger partial charge < -0.3 is 14.6 Å². The summed E-state index contributed by atoms with van der Waals surface area (Å²) in [5.74, 6) is -0.508. The predicted molar refractivity (Wildman–Crippen MR) is 60.4 cm³/mol. The van der Waals surface area contributed by atoms with E-state index in [0.29, 0.717) is 11.3 Å². The van der Waals surface area contributed by atoms with Crippen molar-refractivity contribution in [2.24, 2.45) is 0 Å². The lowest BCUT2D eigenvalue weighted by molar-refractivity contribution is -0.131. The van der Waals surface area contributed by atoms with E-state index in [1.165, 1.54) is 13.2 Å². The van der Waals surface area contributed by atoms with Gasteiger partial charge in [-0.1, -0.05) is 23.7 Å². The third-order valence-electron chi connectivity index (χ3n) is 1.72. The van der Waals surface area contributed by atoms with Gasteiger partial charge in [0.2, 0.25) is 0 Å². The maximum Gasteiger partial charge on any atom is 0.347 e. The highest BCUT2D eigenvalue weighted by Crippen LogP contribution is 2.15. The van der Waals surface area contributed by atoms with Crippen molar-refractivity contribution in [1.29, 1.82) is 0 Å². The van der Waals surface area contributed by atoms with E-state index in [2.05, 4.69) is 0 Å². The fourth-order valence-electron chi connectivity index (χ4n) is 0.995. The van der Waals surface area contributed by atoms with Gasteiger partial charge in [-0.3, -0.25) is 0 Å². The monoisotopic (exact) mass is 242 g/mol. The van der Waals surface area contributed by atoms with E-state index in [1.807, 2.05) is 0 Å². The van der Waals surface area contributed by atoms with E-state index in [0.717, 1.165) is 0 Å². The second-order valence-electron chi connectivity index (χ2n) is 2.92. The highest BCUT2D eigenvalue weighted by atomic mass is 35.5. The van der Waals surface area contributed by atoms with E-state index in [1.54, 1.807) is 24.3 Å². The van der Waals surface area contributed by atoms with Crippen LogP contribution in [-0.2, 0) is 9.53 Å². The second-order valence-corrected chi connectivity index (χ2v) is 3.32. The van der Waals surface area contributed by atoms with Crippen LogP contribution in [0.5, 0.6) is 5.75 Å². The summed E-state index contributed by atoms with van der Waals surface area (Å²) in [5.41, 5.74) is 0.692. The molecule has 0 amide bonds. The van der Waals surface area contributed by atoms with Gasteiger partial charge in [0.25, 0.3) is 0 Å². The van der Waals surface area contributed by atoms with Gasteiger partial charge in [-0.05, 0) is 23.8 Å². The van der Waals surface area contributed by atoms with E-state index in [4.69, 9.17) is 26.2 Å². The Labute approximate surface area is 98.1 Å². The molecule has 0 unspecified atom stereocenters. The van der Waals surface area contributed by atoms with Crippen LogP contribution < -0.4 is 4.74 Å². The number of ether oxygens (including phenoxy) is 2. The second kappa shape index (κ2) is 6.15. The summed E-state index contributed by atoms with van der Waals surface area (Å²) in [7, 11) is 1.53. The molecule has 86 valence electrons. The topological polar surface area (TPSA) is 55.8 Å². The first-order chi connectivity index (χ1) is 7.63. The maximum absolute atomic E-state index is 10.5. The number of methoxy groups -OCH3 is 1. The molecule has 0 aliphatic rings. The summed E-state index contributed by atoms with van der Waals surface area (Å²) in [5, 5.41) is 8.34. The predicted octanol–water partition coefficient (Wildman–Crippen LogP) is 2.33. The average Bonchev–Trinajstić information content (AvgIpc) is 2.28. The number of halogens is 1. The molecule has 0 bridgehead atoms. The summed E-state index contributed by atoms with van der Waals surface area (Å²) in [4.78, 5) is 10.5. The molecule has 0 aliphatic carbocycles. The highest BCUT2D eigenvalue weighted by molar-refractivity contribution is 6.42. The van der Waals surface area contributed by atoms with Crippen molar-refractivity contribution in [2.45, 2.75) is 0 Å². The van der Waals surface area contributed by atoms with Crippen molar-refractivity contribution < 1.29 is 19.4 Å². The molecule has 0 saturated heterocycles. The van der Waals surface area contributed by atoms with Crippen LogP contribution in [0.3, 0.4) is 0 Å². The molecule has 0 saturated carbocycles. The number of aliphatic carboxylic acids is 1. The summed E-state index contributed by atoms with van der Waals surface area (Å²) >= 11 is 5.48. The zero-order valence-electron chi connectivity index (χ0n) is 8.64. The molecule has 0 aromatic heterocycles. The third-order valence-corrected chi connectivity index (χ3v) is 1.99. The van der Waals surface area contributed by atoms with Crippen LogP contribution in [0.1, 0.15) is 5.56 Å². The molecule has 0 fully saturated rings. The molecule has 1 aromatic carbocycles. The molecule has 4 nitrogen and oxygen atoms in total. The lowest BCUT2D eigenvalue weighted by Crippen LogP contribution is -1.98. The van der Waals surface area contributed by atoms with Crippen molar-refractivity contribution in [3.05, 3.63) is 34.9 Å². The zero-order chi connectivity index (χ0) is 12.0. The third kappa shape index (κ3) is 3.92. The van der Waals surface area contributed by atoms with E-state index >= 15 is 0 Å². The fraction of sp³-hybridized carbons (Fsp3) is 0.182. The molecular formula is C11H11ClO4. The number of benzene rings is 1. The Morgan fingerprint density at radius 2 is 2.06 bits per heavy atom. The van der Waals surface area contributed by atoms with Crippen LogP contribution in [0, 0.1) is 0 Å². The minimum atomic E-state index is -1.15. The highest BCUT2D eigenvalue weighted by Gasteiger charge is 2.02. The van der Waals surface area contributed by atoms with Crippen molar-refractivity contribution >= 4 is 23.6 Å². The Balaban J connectivity index is 2.71. The van der Waals surface area contributed by atoms with Gasteiger partial charge >= 0.3 is 5.97 Å². The first kappa shape index (κ1) is 12.5. The number of rotatable bonds is 5. The number of carbonyl (C=O) groups is 1. The Bertz CT molecular complexity index is 383. The van der Waals surface area contributed by atoms with Gasteiger partial charge in [0, 0.05) is 7.11 Å². The van der Waals surface area contributed by atoms with Gasteiger partial charge in [-0.25, -0.2) is 4.79 Å². The van der Waals surface area contributed by atoms with E-state index < -0.39 is 5.97 Å². The quantitative estimate of drug-likeness (QED) is 0.636. The van der Waals surface area contributed by atoms with Gasteiger partial charge in [-0.2, -0.15) is 0 Å². The van der Waals surface area contributed by atoms with Crippen molar-refractivity contribution in [3.63, 3.8) is 0 Å². The SMILES string of the molecule is COCOc1ccc(C=C(Cl)C(=O)O)cc1. The molecule has 1 rings (SSSR count). The standard InChI is InChI=1S/C11H11ClO4/c1-15-7-16-9-4-2-8(3-5-9)6-10(12)11(13)14/h2-6H,7H2,1H3,(H,13,14). The molecule has 0 spiro atoms. The number of carboxylic acids is 1. The Hall–Kier alpha value is -1.52. The molecule has 1 N–H and O–H groups in total. The van der Waals surface area contributed by atoms with E-state index in [-0.39, 0.29) is 11.8 Å². The van der Waals surface area contributed by atoms with Gasteiger partial charge in [0.05, 0.1) is 0 Å². The molecule has 1 aromatic rings. The number of carboxylic acid groups (broad SMARTS) is 1. The summed E-state index contributed by atoms with van der Waals surface area (Å²) in [6.07, 6.45) is 1.37. The fourth-order valence-corrected chi connectivity index (χ4v) is 1.12. The lowest BCUT2D eigenvalue weighted by Gasteiger charge is -2.04. The molecular weight excluding hydrogens is 232 g/mol. The molecule has 0 atom stereocenters. The van der Waals surface area contributed by atoms with E-state index in [9.17, 15) is 4.79 Å². The molecule has 0 radical (unpaired) electrons. The van der Waals surface area contributed by atoms with Crippen LogP contribution >= 0.6 is 11.6 Å². The normalized spacial score (nSPS) is 11.2. The average molecular weight is 243 g/mol. The summed E-state index contributed by atoms with van der Waals surface area (Å²) in [6, 6.07) is 6.82. The van der Waals surface area contributed by atoms with Crippen molar-refractivity contribution in [3.8, 4) is 5.75 Å². The lowest BCUT2D eigenvalue weighted by atomic mass is 10.2. The van der Waals surface area contributed by atoms with Crippen LogP contribution in [0.25, 0.3) is 6.08 Å². The van der Waals surface area contributed by atoms with Crippen molar-refractivity contribution in [1.82, 2.24) is 0 Å². The Morgan fingerprint density at radius 1 is 1.44 bits per heavy atom. The Morgan fingerprint density at radius 3 is 2.56 bits per heavy atom. The van der Waals surface area contributed by atoms with Crippen molar-refractivity contribution in [2.75, 3.05) is 13.9 Å². The smallest absolute Gasteiger partial charge is 0.347 e. The number of hydrogen-bond acceptors (Lipinski definition) is 3. The van der Waals surface area contributed by atoms with Crippen LogP contribution in [0.4, 0.5) is 0 Å². The maximum atomic E-state index is 10.5. The van der Waals surface area contributed by atoms with Crippen LogP contribution in [0.2, 0.25) is 0 Å². The largest absolute Gasteiger partial charge is 0.477 e. The molecule has 16 heavy (non-hydrogen) atoms. The molecule has 0 aliphatic heterocycles. The number of hydrogen-bond donors (Lipinski definition) is 1. The van der Waals surface area contributed by atoms with Crippen LogP contribution in [0.15, 0.2) is 29.3 Å². The molecule has 5 heteroatoms. The van der Waals surface area contributed by atoms with Gasteiger partial charge in [0.15, 0.2) is 6.79 Å². The summed E-state index contributed by atoms with van der Waals surface area (Å²) in [6.45, 7) is 0.172. The van der Waals surface area contributed by atoms with Crippen LogP contribution in [-0.4, -0.2) is 25.0 Å². The minimum absolute atomic E-state index is 0.172. The zero-order valence-corrected chi connectivity index (χ0v) is 9.40. The summed E-state index contributed by atoms with van der Waals surface area (Å²) < 4.78 is 9.91. The Kier molecular flexibility index (Phi) is 4.82. The first-order valence-electron chi connectivity index (χ1n) is 4.46. The minimum Gasteiger partial charge on any atom is -0.477 e. The van der Waals surface area contributed by atoms with Gasteiger partial charge in [0.1, 0.15) is 10.8 Å². The molecule has 0 heterocycles.